The van der Waals surface area contributed by atoms with Gasteiger partial charge in [-0.25, -0.2) is 0 Å². The third-order valence-corrected chi connectivity index (χ3v) is 2.68. The number of hydrogen-bond donors (Lipinski definition) is 1. The molecule has 4 nitrogen and oxygen atoms in total. The molecule has 1 fully saturated rings. The number of ether oxygens (including phenoxy) is 1. The Kier molecular flexibility index (Phi) is 4.35. The van der Waals surface area contributed by atoms with Gasteiger partial charge in [0.2, 0.25) is 5.91 Å². The lowest BCUT2D eigenvalue weighted by Gasteiger charge is -2.24. The molecule has 1 amide bonds. The Bertz CT molecular complexity index is 197. The summed E-state index contributed by atoms with van der Waals surface area (Å²) >= 11 is 0. The molecule has 0 aromatic heterocycles. The Morgan fingerprint density at radius 2 is 2.43 bits per heavy atom. The van der Waals surface area contributed by atoms with E-state index in [9.17, 15) is 4.79 Å². The van der Waals surface area contributed by atoms with Crippen molar-refractivity contribution in [3.8, 4) is 0 Å². The van der Waals surface area contributed by atoms with Gasteiger partial charge in [0.1, 0.15) is 0 Å². The van der Waals surface area contributed by atoms with Crippen LogP contribution in [-0.4, -0.2) is 49.7 Å². The van der Waals surface area contributed by atoms with Crippen molar-refractivity contribution in [2.45, 2.75) is 32.4 Å². The summed E-state index contributed by atoms with van der Waals surface area (Å²) in [5.41, 5.74) is 0. The van der Waals surface area contributed by atoms with Gasteiger partial charge in [-0.15, -0.1) is 0 Å². The van der Waals surface area contributed by atoms with Crippen molar-refractivity contribution in [1.82, 2.24) is 10.2 Å². The fraction of sp³-hybridized carbons (Fsp3) is 0.900. The standard InChI is InChI=1S/C10H20N2O2/c1-4-14-7-8(2)12-6-5-9(11-3)10(12)13/h8-9,11H,4-7H2,1-3H3. The minimum Gasteiger partial charge on any atom is -0.380 e. The first-order chi connectivity index (χ1) is 6.70. The molecule has 0 radical (unpaired) electrons. The van der Waals surface area contributed by atoms with E-state index >= 15 is 0 Å². The van der Waals surface area contributed by atoms with Crippen molar-refractivity contribution in [1.29, 1.82) is 0 Å². The molecule has 4 heteroatoms. The molecule has 0 saturated carbocycles. The number of carbonyl (C=O) groups excluding carboxylic acids is 1. The minimum atomic E-state index is 0.0130. The summed E-state index contributed by atoms with van der Waals surface area (Å²) in [5, 5.41) is 3.02. The second-order valence-corrected chi connectivity index (χ2v) is 3.67. The lowest BCUT2D eigenvalue weighted by atomic mass is 10.2. The molecule has 0 aromatic carbocycles. The van der Waals surface area contributed by atoms with Gasteiger partial charge in [0.25, 0.3) is 0 Å². The zero-order valence-electron chi connectivity index (χ0n) is 9.25. The summed E-state index contributed by atoms with van der Waals surface area (Å²) in [6.07, 6.45) is 0.909. The van der Waals surface area contributed by atoms with E-state index in [1.807, 2.05) is 25.8 Å². The Morgan fingerprint density at radius 1 is 1.71 bits per heavy atom. The van der Waals surface area contributed by atoms with Crippen molar-refractivity contribution < 1.29 is 9.53 Å². The Balaban J connectivity index is 2.41. The smallest absolute Gasteiger partial charge is 0.240 e. The number of amides is 1. The summed E-state index contributed by atoms with van der Waals surface area (Å²) in [7, 11) is 1.83. The van der Waals surface area contributed by atoms with E-state index in [1.54, 1.807) is 0 Å². The molecule has 2 unspecified atom stereocenters. The van der Waals surface area contributed by atoms with E-state index in [0.717, 1.165) is 13.0 Å². The van der Waals surface area contributed by atoms with Crippen LogP contribution >= 0.6 is 0 Å². The predicted molar refractivity (Wildman–Crippen MR) is 55.1 cm³/mol. The second kappa shape index (κ2) is 5.32. The van der Waals surface area contributed by atoms with Gasteiger partial charge >= 0.3 is 0 Å². The van der Waals surface area contributed by atoms with Crippen LogP contribution in [-0.2, 0) is 9.53 Å². The molecule has 1 heterocycles. The van der Waals surface area contributed by atoms with E-state index in [0.29, 0.717) is 13.2 Å². The molecule has 82 valence electrons. The van der Waals surface area contributed by atoms with Crippen molar-refractivity contribution >= 4 is 5.91 Å². The van der Waals surface area contributed by atoms with Gasteiger partial charge in [-0.2, -0.15) is 0 Å². The van der Waals surface area contributed by atoms with Crippen molar-refractivity contribution in [2.24, 2.45) is 0 Å². The number of nitrogens with one attached hydrogen (secondary N) is 1. The lowest BCUT2D eigenvalue weighted by Crippen LogP contribution is -2.42. The average Bonchev–Trinajstić information content (AvgIpc) is 2.56. The van der Waals surface area contributed by atoms with Gasteiger partial charge in [0, 0.05) is 13.2 Å². The highest BCUT2D eigenvalue weighted by Crippen LogP contribution is 2.14. The van der Waals surface area contributed by atoms with Gasteiger partial charge in [-0.05, 0) is 27.3 Å². The summed E-state index contributed by atoms with van der Waals surface area (Å²) in [6, 6.07) is 0.208. The number of likely N-dealkylation sites (N-methyl/N-ethyl adjacent to an activating group) is 1. The number of nitrogens with zero attached hydrogens (tertiary/aromatic N) is 1. The summed E-state index contributed by atoms with van der Waals surface area (Å²) in [5.74, 6) is 0.208. The van der Waals surface area contributed by atoms with Crippen molar-refractivity contribution in [3.63, 3.8) is 0 Å². The molecule has 0 aromatic rings. The lowest BCUT2D eigenvalue weighted by molar-refractivity contribution is -0.132. The zero-order chi connectivity index (χ0) is 10.6. The summed E-state index contributed by atoms with van der Waals surface area (Å²) in [4.78, 5) is 13.6. The number of carbonyl (C=O) groups is 1. The maximum absolute atomic E-state index is 11.7. The first kappa shape index (κ1) is 11.5. The summed E-state index contributed by atoms with van der Waals surface area (Å²) in [6.45, 7) is 6.19. The largest absolute Gasteiger partial charge is 0.380 e. The van der Waals surface area contributed by atoms with Gasteiger partial charge < -0.3 is 15.0 Å². The molecule has 2 atom stereocenters. The fourth-order valence-electron chi connectivity index (χ4n) is 1.79. The van der Waals surface area contributed by atoms with Crippen LogP contribution in [0.4, 0.5) is 0 Å². The monoisotopic (exact) mass is 200 g/mol. The van der Waals surface area contributed by atoms with E-state index in [-0.39, 0.29) is 18.0 Å². The van der Waals surface area contributed by atoms with Crippen LogP contribution in [0.5, 0.6) is 0 Å². The van der Waals surface area contributed by atoms with Crippen LogP contribution in [0.3, 0.4) is 0 Å². The van der Waals surface area contributed by atoms with Gasteiger partial charge in [-0.1, -0.05) is 0 Å². The van der Waals surface area contributed by atoms with Crippen LogP contribution < -0.4 is 5.32 Å². The van der Waals surface area contributed by atoms with E-state index in [1.165, 1.54) is 0 Å². The first-order valence-corrected chi connectivity index (χ1v) is 5.26. The first-order valence-electron chi connectivity index (χ1n) is 5.26. The zero-order valence-corrected chi connectivity index (χ0v) is 9.25. The van der Waals surface area contributed by atoms with E-state index in [2.05, 4.69) is 5.32 Å². The quantitative estimate of drug-likeness (QED) is 0.691. The Labute approximate surface area is 85.6 Å². The highest BCUT2D eigenvalue weighted by atomic mass is 16.5. The molecular formula is C10H20N2O2. The molecule has 0 aliphatic carbocycles. The number of likely N-dealkylation sites (tertiary alicyclic amines) is 1. The molecule has 0 bridgehead atoms. The highest BCUT2D eigenvalue weighted by molar-refractivity contribution is 5.84. The molecule has 1 aliphatic heterocycles. The molecule has 1 saturated heterocycles. The average molecular weight is 200 g/mol. The van der Waals surface area contributed by atoms with E-state index in [4.69, 9.17) is 4.74 Å². The molecular weight excluding hydrogens is 180 g/mol. The third-order valence-electron chi connectivity index (χ3n) is 2.68. The Hall–Kier alpha value is -0.610. The van der Waals surface area contributed by atoms with Crippen LogP contribution in [0.1, 0.15) is 20.3 Å². The fourth-order valence-corrected chi connectivity index (χ4v) is 1.79. The molecule has 1 rings (SSSR count). The SMILES string of the molecule is CCOCC(C)N1CCC(NC)C1=O. The molecule has 14 heavy (non-hydrogen) atoms. The third kappa shape index (κ3) is 2.45. The van der Waals surface area contributed by atoms with Crippen molar-refractivity contribution in [2.75, 3.05) is 26.8 Å². The maximum atomic E-state index is 11.7. The van der Waals surface area contributed by atoms with Crippen LogP contribution in [0.15, 0.2) is 0 Å². The minimum absolute atomic E-state index is 0.0130. The maximum Gasteiger partial charge on any atom is 0.240 e. The van der Waals surface area contributed by atoms with Crippen LogP contribution in [0, 0.1) is 0 Å². The summed E-state index contributed by atoms with van der Waals surface area (Å²) < 4.78 is 5.31. The van der Waals surface area contributed by atoms with Crippen LogP contribution in [0.25, 0.3) is 0 Å². The topological polar surface area (TPSA) is 41.6 Å². The molecule has 0 spiro atoms. The predicted octanol–water partition coefficient (Wildman–Crippen LogP) is 0.232. The number of rotatable bonds is 5. The van der Waals surface area contributed by atoms with Gasteiger partial charge in [-0.3, -0.25) is 4.79 Å². The second-order valence-electron chi connectivity index (χ2n) is 3.67. The molecule has 1 N–H and O–H groups in total. The van der Waals surface area contributed by atoms with Gasteiger partial charge in [0.05, 0.1) is 18.7 Å². The van der Waals surface area contributed by atoms with Gasteiger partial charge in [0.15, 0.2) is 0 Å². The van der Waals surface area contributed by atoms with Crippen molar-refractivity contribution in [3.05, 3.63) is 0 Å². The molecule has 1 aliphatic rings. The number of hydrogen-bond acceptors (Lipinski definition) is 3. The van der Waals surface area contributed by atoms with Crippen LogP contribution in [0.2, 0.25) is 0 Å². The van der Waals surface area contributed by atoms with E-state index < -0.39 is 0 Å². The highest BCUT2D eigenvalue weighted by Gasteiger charge is 2.32. The normalized spacial score (nSPS) is 24.4. The Morgan fingerprint density at radius 3 is 2.93 bits per heavy atom.